The monoisotopic (exact) mass is 604 g/mol. The van der Waals surface area contributed by atoms with Gasteiger partial charge in [0.15, 0.2) is 29.0 Å². The van der Waals surface area contributed by atoms with Crippen molar-refractivity contribution in [2.45, 2.75) is 13.0 Å². The molecule has 0 aliphatic carbocycles. The number of nitrogens with zero attached hydrogens (tertiary/aromatic N) is 5. The molecule has 1 N–H and O–H groups in total. The van der Waals surface area contributed by atoms with Crippen molar-refractivity contribution in [1.29, 1.82) is 0 Å². The van der Waals surface area contributed by atoms with Gasteiger partial charge in [-0.15, -0.1) is 0 Å². The average molecular weight is 605 g/mol. The van der Waals surface area contributed by atoms with Gasteiger partial charge in [-0.25, -0.2) is 14.7 Å². The molecule has 1 atom stereocenters. The van der Waals surface area contributed by atoms with E-state index in [0.717, 1.165) is 39.6 Å². The number of ether oxygens (including phenoxy) is 3. The van der Waals surface area contributed by atoms with E-state index < -0.39 is 0 Å². The van der Waals surface area contributed by atoms with Crippen LogP contribution in [0.15, 0.2) is 101 Å². The Morgan fingerprint density at radius 2 is 1.48 bits per heavy atom. The molecule has 0 saturated heterocycles. The summed E-state index contributed by atoms with van der Waals surface area (Å²) < 4.78 is 19.2. The summed E-state index contributed by atoms with van der Waals surface area (Å²) in [6, 6.07) is 29.1. The van der Waals surface area contributed by atoms with Crippen LogP contribution < -0.4 is 24.4 Å². The van der Waals surface area contributed by atoms with Crippen LogP contribution >= 0.6 is 11.6 Å². The summed E-state index contributed by atoms with van der Waals surface area (Å²) in [5.41, 5.74) is 6.15. The Bertz CT molecular complexity index is 1910. The molecule has 5 aromatic rings. The fourth-order valence-corrected chi connectivity index (χ4v) is 5.92. The summed E-state index contributed by atoms with van der Waals surface area (Å²) in [5.74, 6) is 3.57. The second-order valence-corrected chi connectivity index (χ2v) is 10.8. The fourth-order valence-electron chi connectivity index (χ4n) is 5.79. The van der Waals surface area contributed by atoms with Crippen LogP contribution in [-0.2, 0) is 0 Å². The lowest BCUT2D eigenvalue weighted by molar-refractivity contribution is 0.323. The van der Waals surface area contributed by atoms with Gasteiger partial charge in [0.2, 0.25) is 5.75 Å². The van der Waals surface area contributed by atoms with Crippen LogP contribution in [0, 0.1) is 6.92 Å². The minimum Gasteiger partial charge on any atom is -0.493 e. The first-order chi connectivity index (χ1) is 21.5. The number of benzene rings is 4. The molecule has 3 heterocycles. The first kappa shape index (κ1) is 27.5. The number of fused-ring (bicyclic) bond motifs is 4. The Hall–Kier alpha value is -5.28. The molecule has 0 saturated carbocycles. The number of aromatic nitrogens is 2. The molecule has 2 aliphatic rings. The molecule has 220 valence electrons. The van der Waals surface area contributed by atoms with E-state index in [4.69, 9.17) is 40.9 Å². The summed E-state index contributed by atoms with van der Waals surface area (Å²) in [7, 11) is 4.84. The largest absolute Gasteiger partial charge is 0.493 e. The molecule has 2 aliphatic heterocycles. The summed E-state index contributed by atoms with van der Waals surface area (Å²) in [5, 5.41) is 9.16. The third-order valence-corrected chi connectivity index (χ3v) is 8.00. The number of aryl methyl sites for hydroxylation is 1. The number of anilines is 2. The highest BCUT2D eigenvalue weighted by Gasteiger charge is 2.42. The van der Waals surface area contributed by atoms with E-state index >= 15 is 0 Å². The van der Waals surface area contributed by atoms with Gasteiger partial charge in [0.1, 0.15) is 0 Å². The maximum Gasteiger partial charge on any atom is 0.203 e. The first-order valence-electron chi connectivity index (χ1n) is 14.0. The molecule has 0 amide bonds. The van der Waals surface area contributed by atoms with E-state index in [9.17, 15) is 0 Å². The lowest BCUT2D eigenvalue weighted by atomic mass is 9.92. The van der Waals surface area contributed by atoms with E-state index in [2.05, 4.69) is 16.3 Å². The zero-order valence-corrected chi connectivity index (χ0v) is 25.3. The molecule has 9 nitrogen and oxygen atoms in total. The Balaban J connectivity index is 1.52. The number of rotatable bonds is 6. The van der Waals surface area contributed by atoms with Crippen LogP contribution in [0.1, 0.15) is 22.9 Å². The number of hydrogen-bond acceptors (Lipinski definition) is 8. The number of hydrogen-bond donors (Lipinski definition) is 1. The number of methoxy groups -OCH3 is 3. The number of amidine groups is 2. The highest BCUT2D eigenvalue weighted by atomic mass is 35.5. The average Bonchev–Trinajstić information content (AvgIpc) is 3.40. The van der Waals surface area contributed by atoms with Crippen molar-refractivity contribution < 1.29 is 14.2 Å². The van der Waals surface area contributed by atoms with Gasteiger partial charge in [0, 0.05) is 16.3 Å². The van der Waals surface area contributed by atoms with Gasteiger partial charge in [0.05, 0.1) is 50.1 Å². The molecular formula is C34H29ClN6O3. The Morgan fingerprint density at radius 1 is 0.795 bits per heavy atom. The van der Waals surface area contributed by atoms with Crippen molar-refractivity contribution >= 4 is 46.2 Å². The molecule has 1 unspecified atom stereocenters. The molecule has 4 aromatic carbocycles. The van der Waals surface area contributed by atoms with Crippen molar-refractivity contribution in [1.82, 2.24) is 9.78 Å². The van der Waals surface area contributed by atoms with Gasteiger partial charge in [-0.2, -0.15) is 5.10 Å². The Morgan fingerprint density at radius 3 is 2.16 bits per heavy atom. The normalized spacial score (nSPS) is 14.9. The second-order valence-electron chi connectivity index (χ2n) is 10.3. The highest BCUT2D eigenvalue weighted by molar-refractivity contribution is 6.51. The van der Waals surface area contributed by atoms with E-state index in [1.165, 1.54) is 0 Å². The second kappa shape index (κ2) is 11.1. The number of aliphatic imine (C=N–C) groups is 2. The van der Waals surface area contributed by atoms with Crippen molar-refractivity contribution in [2.24, 2.45) is 9.98 Å². The molecule has 0 radical (unpaired) electrons. The van der Waals surface area contributed by atoms with Crippen LogP contribution in [0.2, 0.25) is 5.02 Å². The maximum atomic E-state index is 6.20. The molecule has 1 aromatic heterocycles. The van der Waals surface area contributed by atoms with Crippen LogP contribution in [0.3, 0.4) is 0 Å². The van der Waals surface area contributed by atoms with Crippen LogP contribution in [0.4, 0.5) is 22.9 Å². The molecule has 0 spiro atoms. The Labute approximate surface area is 260 Å². The predicted octanol–water partition coefficient (Wildman–Crippen LogP) is 7.66. The van der Waals surface area contributed by atoms with Gasteiger partial charge in [-0.1, -0.05) is 41.9 Å². The van der Waals surface area contributed by atoms with Crippen molar-refractivity contribution in [3.8, 4) is 22.9 Å². The van der Waals surface area contributed by atoms with Gasteiger partial charge in [-0.05, 0) is 73.2 Å². The maximum absolute atomic E-state index is 6.20. The summed E-state index contributed by atoms with van der Waals surface area (Å²) in [6.45, 7) is 2.01. The predicted molar refractivity (Wildman–Crippen MR) is 174 cm³/mol. The number of nitrogens with one attached hydrogen (secondary N) is 1. The van der Waals surface area contributed by atoms with E-state index in [1.54, 1.807) is 21.3 Å². The third-order valence-electron chi connectivity index (χ3n) is 7.75. The van der Waals surface area contributed by atoms with Gasteiger partial charge in [-0.3, -0.25) is 0 Å². The smallest absolute Gasteiger partial charge is 0.203 e. The van der Waals surface area contributed by atoms with E-state index in [0.29, 0.717) is 39.8 Å². The van der Waals surface area contributed by atoms with Crippen molar-refractivity contribution in [3.05, 3.63) is 113 Å². The summed E-state index contributed by atoms with van der Waals surface area (Å²) in [4.78, 5) is 12.5. The van der Waals surface area contributed by atoms with Crippen LogP contribution in [-0.4, -0.2) is 42.8 Å². The zero-order chi connectivity index (χ0) is 30.4. The third kappa shape index (κ3) is 4.53. The number of halogens is 1. The topological polar surface area (TPSA) is 85.5 Å². The standard InChI is InChI=1S/C34H29ClN6O3/c1-20-29-30(21-18-27(42-2)31(44-4)28(19-21)43-3)40-26-13-9-8-12-25(26)37-32(36-23-16-14-22(35)15-17-23)34(40)38-33(29)41(39-20)24-10-6-5-7-11-24/h5-19,30H,1-4H3,(H,36,37). The lowest BCUT2D eigenvalue weighted by Gasteiger charge is -2.40. The quantitative estimate of drug-likeness (QED) is 0.214. The van der Waals surface area contributed by atoms with Crippen LogP contribution in [0.5, 0.6) is 17.2 Å². The van der Waals surface area contributed by atoms with Gasteiger partial charge >= 0.3 is 0 Å². The first-order valence-corrected chi connectivity index (χ1v) is 14.4. The molecule has 44 heavy (non-hydrogen) atoms. The van der Waals surface area contributed by atoms with E-state index in [1.807, 2.05) is 96.5 Å². The van der Waals surface area contributed by atoms with Crippen molar-refractivity contribution in [2.75, 3.05) is 31.5 Å². The minimum absolute atomic E-state index is 0.373. The molecule has 10 heteroatoms. The molecular weight excluding hydrogens is 576 g/mol. The minimum atomic E-state index is -0.373. The molecule has 7 rings (SSSR count). The summed E-state index contributed by atoms with van der Waals surface area (Å²) in [6.07, 6.45) is 0. The number of para-hydroxylation sites is 3. The molecule has 0 bridgehead atoms. The zero-order valence-electron chi connectivity index (χ0n) is 24.6. The molecule has 0 fully saturated rings. The SMILES string of the molecule is COc1cc(C2c3c(C)nn(-c4ccccc4)c3N=C3C(Nc4ccc(Cl)cc4)=Nc4ccccc4N32)cc(OC)c1OC. The van der Waals surface area contributed by atoms with Gasteiger partial charge in [0.25, 0.3) is 0 Å². The Kier molecular flexibility index (Phi) is 6.94. The lowest BCUT2D eigenvalue weighted by Crippen LogP contribution is -2.46. The van der Waals surface area contributed by atoms with Crippen molar-refractivity contribution in [3.63, 3.8) is 0 Å². The fraction of sp³-hybridized carbons (Fsp3) is 0.147. The van der Waals surface area contributed by atoms with Gasteiger partial charge < -0.3 is 24.4 Å². The summed E-state index contributed by atoms with van der Waals surface area (Å²) >= 11 is 6.20. The highest BCUT2D eigenvalue weighted by Crippen LogP contribution is 2.50. The van der Waals surface area contributed by atoms with Crippen LogP contribution in [0.25, 0.3) is 5.69 Å². The van der Waals surface area contributed by atoms with E-state index in [-0.39, 0.29) is 6.04 Å².